The monoisotopic (exact) mass is 440 g/mol. The topological polar surface area (TPSA) is 44.1 Å². The Labute approximate surface area is 182 Å². The summed E-state index contributed by atoms with van der Waals surface area (Å²) in [6, 6.07) is 21.4. The van der Waals surface area contributed by atoms with Crippen LogP contribution < -0.4 is 0 Å². The number of imidazole rings is 1. The molecule has 0 spiro atoms. The molecule has 0 bridgehead atoms. The first-order valence-electron chi connectivity index (χ1n) is 9.31. The molecule has 7 heteroatoms. The van der Waals surface area contributed by atoms with Gasteiger partial charge in [0.25, 0.3) is 0 Å². The maximum Gasteiger partial charge on any atom is 0.316 e. The summed E-state index contributed by atoms with van der Waals surface area (Å²) in [5.41, 5.74) is 3.69. The molecule has 152 valence electrons. The standard InChI is InChI=1S/C23H18ClFN2O2S/c24-18-9-5-16(6-10-18)13-27-21-4-2-1-3-20(21)26-23(27)30-15-22(28)29-14-17-7-11-19(25)12-8-17/h1-12H,13-15H2. The Morgan fingerprint density at radius 1 is 1.00 bits per heavy atom. The van der Waals surface area contributed by atoms with E-state index in [2.05, 4.69) is 9.55 Å². The number of nitrogens with zero attached hydrogens (tertiary/aromatic N) is 2. The molecule has 4 rings (SSSR count). The van der Waals surface area contributed by atoms with E-state index in [0.29, 0.717) is 11.6 Å². The molecule has 1 aromatic heterocycles. The van der Waals surface area contributed by atoms with Crippen LogP contribution in [-0.4, -0.2) is 21.3 Å². The Bertz CT molecular complexity index is 1160. The summed E-state index contributed by atoms with van der Waals surface area (Å²) in [6.07, 6.45) is 0. The highest BCUT2D eigenvalue weighted by Crippen LogP contribution is 2.26. The van der Waals surface area contributed by atoms with Gasteiger partial charge >= 0.3 is 5.97 Å². The summed E-state index contributed by atoms with van der Waals surface area (Å²) < 4.78 is 20.3. The zero-order valence-corrected chi connectivity index (χ0v) is 17.5. The van der Waals surface area contributed by atoms with Crippen molar-refractivity contribution in [2.75, 3.05) is 5.75 Å². The molecule has 0 fully saturated rings. The Balaban J connectivity index is 1.45. The van der Waals surface area contributed by atoms with Crippen molar-refractivity contribution in [1.29, 1.82) is 0 Å². The van der Waals surface area contributed by atoms with Crippen LogP contribution >= 0.6 is 23.4 Å². The third kappa shape index (κ3) is 5.01. The molecule has 0 N–H and O–H groups in total. The Morgan fingerprint density at radius 2 is 1.70 bits per heavy atom. The lowest BCUT2D eigenvalue weighted by Gasteiger charge is -2.09. The van der Waals surface area contributed by atoms with E-state index in [-0.39, 0.29) is 24.1 Å². The third-order valence-electron chi connectivity index (χ3n) is 4.51. The second kappa shape index (κ2) is 9.32. The number of hydrogen-bond acceptors (Lipinski definition) is 4. The molecule has 4 nitrogen and oxygen atoms in total. The van der Waals surface area contributed by atoms with Crippen molar-refractivity contribution in [1.82, 2.24) is 9.55 Å². The molecule has 0 saturated carbocycles. The van der Waals surface area contributed by atoms with Crippen molar-refractivity contribution in [3.63, 3.8) is 0 Å². The smallest absolute Gasteiger partial charge is 0.316 e. The summed E-state index contributed by atoms with van der Waals surface area (Å²) in [5, 5.41) is 1.43. The van der Waals surface area contributed by atoms with Gasteiger partial charge in [0.1, 0.15) is 12.4 Å². The van der Waals surface area contributed by atoms with Crippen LogP contribution in [0.3, 0.4) is 0 Å². The number of rotatable bonds is 7. The first kappa shape index (κ1) is 20.4. The molecule has 0 aliphatic rings. The number of thioether (sulfide) groups is 1. The van der Waals surface area contributed by atoms with Crippen LogP contribution in [0.15, 0.2) is 78.0 Å². The van der Waals surface area contributed by atoms with E-state index in [9.17, 15) is 9.18 Å². The lowest BCUT2D eigenvalue weighted by molar-refractivity contribution is -0.141. The lowest BCUT2D eigenvalue weighted by Crippen LogP contribution is -2.09. The lowest BCUT2D eigenvalue weighted by atomic mass is 10.2. The van der Waals surface area contributed by atoms with Gasteiger partial charge in [-0.1, -0.05) is 59.8 Å². The quantitative estimate of drug-likeness (QED) is 0.272. The predicted octanol–water partition coefficient (Wildman–Crippen LogP) is 5.71. The average Bonchev–Trinajstić information content (AvgIpc) is 3.11. The number of halogens is 2. The van der Waals surface area contributed by atoms with Gasteiger partial charge in [0.15, 0.2) is 5.16 Å². The zero-order valence-electron chi connectivity index (χ0n) is 15.9. The zero-order chi connectivity index (χ0) is 20.9. The molecule has 0 aliphatic heterocycles. The molecular weight excluding hydrogens is 423 g/mol. The second-order valence-electron chi connectivity index (χ2n) is 6.67. The number of carbonyl (C=O) groups excluding carboxylic acids is 1. The van der Waals surface area contributed by atoms with Gasteiger partial charge in [-0.2, -0.15) is 0 Å². The molecule has 0 saturated heterocycles. The van der Waals surface area contributed by atoms with Gasteiger partial charge in [-0.05, 0) is 47.5 Å². The highest BCUT2D eigenvalue weighted by Gasteiger charge is 2.14. The van der Waals surface area contributed by atoms with Crippen LogP contribution in [0.25, 0.3) is 11.0 Å². The fourth-order valence-electron chi connectivity index (χ4n) is 3.00. The minimum absolute atomic E-state index is 0.112. The first-order valence-corrected chi connectivity index (χ1v) is 10.7. The maximum absolute atomic E-state index is 13.0. The van der Waals surface area contributed by atoms with Gasteiger partial charge in [0.2, 0.25) is 0 Å². The molecule has 1 heterocycles. The second-order valence-corrected chi connectivity index (χ2v) is 8.05. The molecule has 3 aromatic carbocycles. The van der Waals surface area contributed by atoms with Crippen molar-refractivity contribution in [2.45, 2.75) is 18.3 Å². The van der Waals surface area contributed by atoms with E-state index >= 15 is 0 Å². The number of esters is 1. The molecule has 0 radical (unpaired) electrons. The molecule has 4 aromatic rings. The van der Waals surface area contributed by atoms with Crippen molar-refractivity contribution < 1.29 is 13.9 Å². The molecular formula is C23H18ClFN2O2S. The third-order valence-corrected chi connectivity index (χ3v) is 5.71. The minimum Gasteiger partial charge on any atom is -0.460 e. The van der Waals surface area contributed by atoms with Crippen LogP contribution in [0.4, 0.5) is 4.39 Å². The van der Waals surface area contributed by atoms with Crippen molar-refractivity contribution in [3.05, 3.63) is 94.8 Å². The molecule has 0 amide bonds. The minimum atomic E-state index is -0.352. The van der Waals surface area contributed by atoms with Crippen LogP contribution in [0.2, 0.25) is 5.02 Å². The van der Waals surface area contributed by atoms with E-state index in [0.717, 1.165) is 27.3 Å². The van der Waals surface area contributed by atoms with Gasteiger partial charge < -0.3 is 9.30 Å². The molecule has 0 unspecified atom stereocenters. The number of aromatic nitrogens is 2. The van der Waals surface area contributed by atoms with Gasteiger partial charge in [-0.25, -0.2) is 9.37 Å². The highest BCUT2D eigenvalue weighted by molar-refractivity contribution is 7.99. The Morgan fingerprint density at radius 3 is 2.47 bits per heavy atom. The average molecular weight is 441 g/mol. The first-order chi connectivity index (χ1) is 14.6. The number of fused-ring (bicyclic) bond motifs is 1. The summed E-state index contributed by atoms with van der Waals surface area (Å²) in [7, 11) is 0. The van der Waals surface area contributed by atoms with Crippen molar-refractivity contribution in [2.24, 2.45) is 0 Å². The number of hydrogen-bond donors (Lipinski definition) is 0. The van der Waals surface area contributed by atoms with E-state index < -0.39 is 0 Å². The SMILES string of the molecule is O=C(CSc1nc2ccccc2n1Cc1ccc(Cl)cc1)OCc1ccc(F)cc1. The maximum atomic E-state index is 13.0. The van der Waals surface area contributed by atoms with Gasteiger partial charge in [-0.3, -0.25) is 4.79 Å². The fourth-order valence-corrected chi connectivity index (χ4v) is 3.94. The van der Waals surface area contributed by atoms with Gasteiger partial charge in [0, 0.05) is 5.02 Å². The fraction of sp³-hybridized carbons (Fsp3) is 0.130. The van der Waals surface area contributed by atoms with Crippen LogP contribution in [0.1, 0.15) is 11.1 Å². The summed E-state index contributed by atoms with van der Waals surface area (Å²) in [6.45, 7) is 0.728. The number of para-hydroxylation sites is 2. The largest absolute Gasteiger partial charge is 0.460 e. The van der Waals surface area contributed by atoms with Crippen LogP contribution in [0, 0.1) is 5.82 Å². The summed E-state index contributed by atoms with van der Waals surface area (Å²) >= 11 is 7.33. The number of benzene rings is 3. The van der Waals surface area contributed by atoms with E-state index in [1.807, 2.05) is 48.5 Å². The predicted molar refractivity (Wildman–Crippen MR) is 117 cm³/mol. The summed E-state index contributed by atoms with van der Waals surface area (Å²) in [4.78, 5) is 16.9. The van der Waals surface area contributed by atoms with Crippen LogP contribution in [0.5, 0.6) is 0 Å². The molecule has 0 atom stereocenters. The normalized spacial score (nSPS) is 11.0. The number of ether oxygens (including phenoxy) is 1. The Hall–Kier alpha value is -2.83. The van der Waals surface area contributed by atoms with E-state index in [1.54, 1.807) is 12.1 Å². The number of carbonyl (C=O) groups is 1. The van der Waals surface area contributed by atoms with E-state index in [4.69, 9.17) is 16.3 Å². The van der Waals surface area contributed by atoms with Gasteiger partial charge in [-0.15, -0.1) is 0 Å². The van der Waals surface area contributed by atoms with Crippen LogP contribution in [-0.2, 0) is 22.7 Å². The highest BCUT2D eigenvalue weighted by atomic mass is 35.5. The van der Waals surface area contributed by atoms with E-state index in [1.165, 1.54) is 23.9 Å². The Kier molecular flexibility index (Phi) is 6.35. The van der Waals surface area contributed by atoms with Crippen molar-refractivity contribution >= 4 is 40.4 Å². The summed E-state index contributed by atoms with van der Waals surface area (Å²) in [5.74, 6) is -0.542. The van der Waals surface area contributed by atoms with Gasteiger partial charge in [0.05, 0.1) is 23.3 Å². The van der Waals surface area contributed by atoms with Crippen molar-refractivity contribution in [3.8, 4) is 0 Å². The molecule has 30 heavy (non-hydrogen) atoms. The molecule has 0 aliphatic carbocycles.